The smallest absolute Gasteiger partial charge is 0.306 e. The van der Waals surface area contributed by atoms with E-state index in [0.29, 0.717) is 29.7 Å². The lowest BCUT2D eigenvalue weighted by atomic mass is 9.82. The van der Waals surface area contributed by atoms with Gasteiger partial charge in [0.25, 0.3) is 0 Å². The second-order valence-corrected chi connectivity index (χ2v) is 5.97. The first kappa shape index (κ1) is 18.1. The predicted octanol–water partition coefficient (Wildman–Crippen LogP) is 3.02. The third kappa shape index (κ3) is 4.19. The highest BCUT2D eigenvalue weighted by Gasteiger charge is 2.25. The average molecular weight is 335 g/mol. The molecule has 0 aliphatic heterocycles. The Balaban J connectivity index is 2.01. The summed E-state index contributed by atoms with van der Waals surface area (Å²) in [5, 5.41) is 9.03. The van der Waals surface area contributed by atoms with Gasteiger partial charge in [0.05, 0.1) is 27.2 Å². The normalized spacial score (nSPS) is 20.8. The summed E-state index contributed by atoms with van der Waals surface area (Å²) >= 11 is 0. The van der Waals surface area contributed by atoms with Gasteiger partial charge < -0.3 is 19.3 Å². The van der Waals surface area contributed by atoms with Crippen LogP contribution < -0.4 is 14.2 Å². The zero-order chi connectivity index (χ0) is 17.5. The second kappa shape index (κ2) is 8.57. The van der Waals surface area contributed by atoms with Gasteiger partial charge in [-0.15, -0.1) is 0 Å². The molecule has 0 bridgehead atoms. The molecule has 1 aliphatic carbocycles. The first-order valence-corrected chi connectivity index (χ1v) is 8.12. The van der Waals surface area contributed by atoms with Crippen LogP contribution in [0.3, 0.4) is 0 Å². The van der Waals surface area contributed by atoms with E-state index in [0.717, 1.165) is 31.2 Å². The zero-order valence-electron chi connectivity index (χ0n) is 14.4. The summed E-state index contributed by atoms with van der Waals surface area (Å²) < 4.78 is 16.1. The summed E-state index contributed by atoms with van der Waals surface area (Å²) in [6.45, 7) is 0.698. The van der Waals surface area contributed by atoms with Crippen molar-refractivity contribution in [2.75, 3.05) is 27.9 Å². The quantitative estimate of drug-likeness (QED) is 0.775. The lowest BCUT2D eigenvalue weighted by Crippen LogP contribution is -2.22. The highest BCUT2D eigenvalue weighted by Crippen LogP contribution is 2.39. The molecule has 1 N–H and O–H groups in total. The molecule has 1 aromatic carbocycles. The van der Waals surface area contributed by atoms with Crippen molar-refractivity contribution in [3.05, 3.63) is 17.7 Å². The Morgan fingerprint density at radius 3 is 2.33 bits per heavy atom. The van der Waals surface area contributed by atoms with Crippen molar-refractivity contribution in [2.24, 2.45) is 16.8 Å². The fourth-order valence-electron chi connectivity index (χ4n) is 3.12. The number of benzene rings is 1. The van der Waals surface area contributed by atoms with Crippen LogP contribution >= 0.6 is 0 Å². The first-order valence-electron chi connectivity index (χ1n) is 8.12. The molecule has 0 saturated heterocycles. The van der Waals surface area contributed by atoms with Crippen LogP contribution in [0.4, 0.5) is 0 Å². The largest absolute Gasteiger partial charge is 0.493 e. The Hall–Kier alpha value is -2.24. The van der Waals surface area contributed by atoms with Gasteiger partial charge in [0.2, 0.25) is 5.75 Å². The molecule has 24 heavy (non-hydrogen) atoms. The molecule has 1 aliphatic rings. The van der Waals surface area contributed by atoms with Gasteiger partial charge >= 0.3 is 5.97 Å². The summed E-state index contributed by atoms with van der Waals surface area (Å²) in [6, 6.07) is 3.70. The maximum atomic E-state index is 11.0. The lowest BCUT2D eigenvalue weighted by molar-refractivity contribution is -0.143. The summed E-state index contributed by atoms with van der Waals surface area (Å²) in [4.78, 5) is 15.5. The van der Waals surface area contributed by atoms with E-state index in [1.807, 2.05) is 12.1 Å². The molecule has 6 heteroatoms. The van der Waals surface area contributed by atoms with Crippen molar-refractivity contribution in [3.8, 4) is 17.2 Å². The molecule has 0 unspecified atom stereocenters. The van der Waals surface area contributed by atoms with Gasteiger partial charge in [0.1, 0.15) is 0 Å². The van der Waals surface area contributed by atoms with E-state index in [1.54, 1.807) is 27.5 Å². The molecule has 1 saturated carbocycles. The number of aliphatic imine (C=N–C) groups is 1. The molecule has 1 aromatic rings. The highest BCUT2D eigenvalue weighted by molar-refractivity contribution is 5.86. The number of carboxylic acid groups (broad SMARTS) is 1. The minimum absolute atomic E-state index is 0.184. The fourth-order valence-corrected chi connectivity index (χ4v) is 3.12. The Bertz CT molecular complexity index is 591. The van der Waals surface area contributed by atoms with Crippen LogP contribution in [0, 0.1) is 11.8 Å². The highest BCUT2D eigenvalue weighted by atomic mass is 16.5. The van der Waals surface area contributed by atoms with Crippen LogP contribution in [-0.4, -0.2) is 45.2 Å². The Morgan fingerprint density at radius 1 is 1.12 bits per heavy atom. The number of carboxylic acids is 1. The molecule has 132 valence electrons. The van der Waals surface area contributed by atoms with Gasteiger partial charge in [-0.3, -0.25) is 9.79 Å². The maximum absolute atomic E-state index is 11.0. The summed E-state index contributed by atoms with van der Waals surface area (Å²) in [5.74, 6) is 1.34. The van der Waals surface area contributed by atoms with Gasteiger partial charge in [-0.05, 0) is 43.7 Å². The standard InChI is InChI=1S/C18H25NO5/c1-22-15-9-8-14(16(23-2)17(15)24-3)11-19-10-12-4-6-13(7-5-12)18(20)21/h8-9,11-13H,4-7,10H2,1-3H3,(H,20,21). The third-order valence-corrected chi connectivity index (χ3v) is 4.52. The van der Waals surface area contributed by atoms with E-state index in [2.05, 4.69) is 4.99 Å². The summed E-state index contributed by atoms with van der Waals surface area (Å²) in [6.07, 6.45) is 5.10. The Labute approximate surface area is 142 Å². The van der Waals surface area contributed by atoms with Crippen molar-refractivity contribution in [1.82, 2.24) is 0 Å². The van der Waals surface area contributed by atoms with E-state index < -0.39 is 5.97 Å². The summed E-state index contributed by atoms with van der Waals surface area (Å²) in [5.41, 5.74) is 0.828. The number of carbonyl (C=O) groups is 1. The first-order chi connectivity index (χ1) is 11.6. The van der Waals surface area contributed by atoms with Gasteiger partial charge in [-0.2, -0.15) is 0 Å². The lowest BCUT2D eigenvalue weighted by Gasteiger charge is -2.24. The van der Waals surface area contributed by atoms with Gasteiger partial charge in [0, 0.05) is 18.3 Å². The number of ether oxygens (including phenoxy) is 3. The van der Waals surface area contributed by atoms with Crippen molar-refractivity contribution < 1.29 is 24.1 Å². The SMILES string of the molecule is COc1ccc(C=NCC2CCC(C(=O)O)CC2)c(OC)c1OC. The van der Waals surface area contributed by atoms with Crippen molar-refractivity contribution in [1.29, 1.82) is 0 Å². The molecule has 0 aromatic heterocycles. The van der Waals surface area contributed by atoms with E-state index in [4.69, 9.17) is 19.3 Å². The average Bonchev–Trinajstić information content (AvgIpc) is 2.61. The van der Waals surface area contributed by atoms with Crippen LogP contribution in [-0.2, 0) is 4.79 Å². The van der Waals surface area contributed by atoms with E-state index in [1.165, 1.54) is 0 Å². The minimum atomic E-state index is -0.674. The molecule has 0 spiro atoms. The topological polar surface area (TPSA) is 77.4 Å². The number of hydrogen-bond donors (Lipinski definition) is 1. The van der Waals surface area contributed by atoms with Gasteiger partial charge in [-0.25, -0.2) is 0 Å². The van der Waals surface area contributed by atoms with E-state index in [9.17, 15) is 4.79 Å². The molecule has 1 fully saturated rings. The van der Waals surface area contributed by atoms with Gasteiger partial charge in [0.15, 0.2) is 11.5 Å². The van der Waals surface area contributed by atoms with Crippen LogP contribution in [0.2, 0.25) is 0 Å². The Kier molecular flexibility index (Phi) is 6.46. The summed E-state index contributed by atoms with van der Waals surface area (Å²) in [7, 11) is 4.74. The van der Waals surface area contributed by atoms with Crippen LogP contribution in [0.1, 0.15) is 31.2 Å². The van der Waals surface area contributed by atoms with Gasteiger partial charge in [-0.1, -0.05) is 0 Å². The Morgan fingerprint density at radius 2 is 1.79 bits per heavy atom. The molecule has 0 amide bonds. The third-order valence-electron chi connectivity index (χ3n) is 4.52. The van der Waals surface area contributed by atoms with Crippen molar-refractivity contribution >= 4 is 12.2 Å². The van der Waals surface area contributed by atoms with Crippen molar-refractivity contribution in [2.45, 2.75) is 25.7 Å². The minimum Gasteiger partial charge on any atom is -0.493 e. The van der Waals surface area contributed by atoms with Crippen LogP contribution in [0.5, 0.6) is 17.2 Å². The number of aliphatic carboxylic acids is 1. The van der Waals surface area contributed by atoms with Crippen LogP contribution in [0.15, 0.2) is 17.1 Å². The van der Waals surface area contributed by atoms with E-state index >= 15 is 0 Å². The number of hydrogen-bond acceptors (Lipinski definition) is 5. The number of methoxy groups -OCH3 is 3. The molecule has 2 rings (SSSR count). The van der Waals surface area contributed by atoms with E-state index in [-0.39, 0.29) is 5.92 Å². The monoisotopic (exact) mass is 335 g/mol. The molecule has 0 atom stereocenters. The maximum Gasteiger partial charge on any atom is 0.306 e. The van der Waals surface area contributed by atoms with Crippen LogP contribution in [0.25, 0.3) is 0 Å². The predicted molar refractivity (Wildman–Crippen MR) is 91.6 cm³/mol. The second-order valence-electron chi connectivity index (χ2n) is 5.97. The molecule has 0 heterocycles. The number of nitrogens with zero attached hydrogens (tertiary/aromatic N) is 1. The molecular weight excluding hydrogens is 310 g/mol. The zero-order valence-corrected chi connectivity index (χ0v) is 14.4. The van der Waals surface area contributed by atoms with Crippen molar-refractivity contribution in [3.63, 3.8) is 0 Å². The molecular formula is C18H25NO5. The molecule has 6 nitrogen and oxygen atoms in total. The fraction of sp³-hybridized carbons (Fsp3) is 0.556. The molecule has 0 radical (unpaired) electrons. The number of rotatable bonds is 7.